The van der Waals surface area contributed by atoms with Crippen LogP contribution in [0.4, 0.5) is 4.39 Å². The van der Waals surface area contributed by atoms with Gasteiger partial charge in [-0.1, -0.05) is 18.2 Å². The molecule has 1 aliphatic rings. The summed E-state index contributed by atoms with van der Waals surface area (Å²) in [5.41, 5.74) is 2.63. The first-order chi connectivity index (χ1) is 13.0. The quantitative estimate of drug-likeness (QED) is 0.461. The smallest absolute Gasteiger partial charge is 0.280 e. The van der Waals surface area contributed by atoms with Gasteiger partial charge in [-0.3, -0.25) is 10.0 Å². The summed E-state index contributed by atoms with van der Waals surface area (Å²) >= 11 is 0. The highest BCUT2D eigenvalue weighted by atomic mass is 32.2. The van der Waals surface area contributed by atoms with Crippen LogP contribution in [-0.4, -0.2) is 55.2 Å². The SMILES string of the molecule is CC(C)(C)OC[C@@H](NS(=O)(=O)N1CC=C(c2ccc(F)cc2)CC1)C(=O)NO. The van der Waals surface area contributed by atoms with Crippen LogP contribution < -0.4 is 10.2 Å². The summed E-state index contributed by atoms with van der Waals surface area (Å²) < 4.78 is 47.3. The first-order valence-corrected chi connectivity index (χ1v) is 10.3. The number of rotatable bonds is 7. The molecule has 0 aromatic heterocycles. The Morgan fingerprint density at radius 3 is 2.46 bits per heavy atom. The van der Waals surface area contributed by atoms with Crippen LogP contribution in [0.3, 0.4) is 0 Å². The molecule has 1 heterocycles. The number of carbonyl (C=O) groups excluding carboxylic acids is 1. The van der Waals surface area contributed by atoms with Crippen LogP contribution in [0.1, 0.15) is 32.8 Å². The van der Waals surface area contributed by atoms with Gasteiger partial charge in [-0.05, 0) is 50.5 Å². The minimum absolute atomic E-state index is 0.107. The Morgan fingerprint density at radius 2 is 1.96 bits per heavy atom. The van der Waals surface area contributed by atoms with Crippen molar-refractivity contribution in [3.63, 3.8) is 0 Å². The van der Waals surface area contributed by atoms with Gasteiger partial charge < -0.3 is 4.74 Å². The highest BCUT2D eigenvalue weighted by Crippen LogP contribution is 2.23. The summed E-state index contributed by atoms with van der Waals surface area (Å²) in [6, 6.07) is 4.73. The number of nitrogens with one attached hydrogen (secondary N) is 2. The van der Waals surface area contributed by atoms with Gasteiger partial charge in [0.15, 0.2) is 0 Å². The normalized spacial score (nSPS) is 17.1. The van der Waals surface area contributed by atoms with Crippen LogP contribution in [0.15, 0.2) is 30.3 Å². The zero-order valence-corrected chi connectivity index (χ0v) is 16.9. The fraction of sp³-hybridized carbons (Fsp3) is 0.500. The first-order valence-electron chi connectivity index (χ1n) is 8.82. The predicted molar refractivity (Wildman–Crippen MR) is 102 cm³/mol. The summed E-state index contributed by atoms with van der Waals surface area (Å²) in [4.78, 5) is 11.8. The van der Waals surface area contributed by atoms with Crippen LogP contribution in [0.5, 0.6) is 0 Å². The molecule has 28 heavy (non-hydrogen) atoms. The molecule has 1 atom stereocenters. The minimum atomic E-state index is -3.99. The molecule has 0 aliphatic carbocycles. The number of benzene rings is 1. The molecule has 8 nitrogen and oxygen atoms in total. The highest BCUT2D eigenvalue weighted by molar-refractivity contribution is 7.87. The van der Waals surface area contributed by atoms with Crippen molar-refractivity contribution >= 4 is 21.7 Å². The van der Waals surface area contributed by atoms with Crippen molar-refractivity contribution in [3.8, 4) is 0 Å². The van der Waals surface area contributed by atoms with E-state index in [4.69, 9.17) is 9.94 Å². The van der Waals surface area contributed by atoms with E-state index in [2.05, 4.69) is 4.72 Å². The largest absolute Gasteiger partial charge is 0.374 e. The molecule has 0 saturated carbocycles. The van der Waals surface area contributed by atoms with Gasteiger partial charge in [0, 0.05) is 13.1 Å². The number of carbonyl (C=O) groups is 1. The molecular formula is C18H26FN3O5S. The maximum atomic E-state index is 13.0. The summed E-state index contributed by atoms with van der Waals surface area (Å²) in [5, 5.41) is 8.88. The molecule has 0 radical (unpaired) electrons. The molecule has 3 N–H and O–H groups in total. The lowest BCUT2D eigenvalue weighted by Crippen LogP contribution is -2.54. The third-order valence-corrected chi connectivity index (χ3v) is 5.72. The van der Waals surface area contributed by atoms with E-state index in [9.17, 15) is 17.6 Å². The average molecular weight is 415 g/mol. The van der Waals surface area contributed by atoms with Gasteiger partial charge in [0.1, 0.15) is 11.9 Å². The number of amides is 1. The Morgan fingerprint density at radius 1 is 1.32 bits per heavy atom. The van der Waals surface area contributed by atoms with Gasteiger partial charge in [0.2, 0.25) is 0 Å². The van der Waals surface area contributed by atoms with Gasteiger partial charge in [-0.2, -0.15) is 17.4 Å². The van der Waals surface area contributed by atoms with Gasteiger partial charge >= 0.3 is 0 Å². The molecule has 1 aliphatic heterocycles. The first kappa shape index (κ1) is 22.4. The van der Waals surface area contributed by atoms with Crippen molar-refractivity contribution in [1.82, 2.24) is 14.5 Å². The van der Waals surface area contributed by atoms with Crippen molar-refractivity contribution in [3.05, 3.63) is 41.7 Å². The van der Waals surface area contributed by atoms with Crippen LogP contribution in [0, 0.1) is 5.82 Å². The van der Waals surface area contributed by atoms with E-state index in [-0.39, 0.29) is 25.5 Å². The number of halogens is 1. The molecule has 0 bridgehead atoms. The average Bonchev–Trinajstić information content (AvgIpc) is 2.64. The van der Waals surface area contributed by atoms with E-state index in [0.717, 1.165) is 11.1 Å². The summed E-state index contributed by atoms with van der Waals surface area (Å²) in [6.45, 7) is 5.37. The van der Waals surface area contributed by atoms with Crippen molar-refractivity contribution in [2.24, 2.45) is 0 Å². The Balaban J connectivity index is 2.06. The second-order valence-electron chi connectivity index (χ2n) is 7.42. The van der Waals surface area contributed by atoms with Gasteiger partial charge in [-0.25, -0.2) is 9.87 Å². The monoisotopic (exact) mass is 415 g/mol. The van der Waals surface area contributed by atoms with Gasteiger partial charge in [-0.15, -0.1) is 0 Å². The summed E-state index contributed by atoms with van der Waals surface area (Å²) in [7, 11) is -3.99. The lowest BCUT2D eigenvalue weighted by molar-refractivity contribution is -0.133. The van der Waals surface area contributed by atoms with E-state index in [0.29, 0.717) is 6.42 Å². The van der Waals surface area contributed by atoms with Crippen molar-refractivity contribution in [1.29, 1.82) is 0 Å². The molecule has 1 amide bonds. The second kappa shape index (κ2) is 9.10. The fourth-order valence-corrected chi connectivity index (χ4v) is 3.91. The topological polar surface area (TPSA) is 108 Å². The third-order valence-electron chi connectivity index (χ3n) is 4.13. The van der Waals surface area contributed by atoms with E-state index in [1.807, 2.05) is 0 Å². The van der Waals surface area contributed by atoms with Gasteiger partial charge in [0.25, 0.3) is 16.1 Å². The van der Waals surface area contributed by atoms with E-state index < -0.39 is 27.8 Å². The zero-order chi connectivity index (χ0) is 20.9. The molecule has 156 valence electrons. The molecular weight excluding hydrogens is 389 g/mol. The molecule has 0 fully saturated rings. The highest BCUT2D eigenvalue weighted by Gasteiger charge is 2.31. The molecule has 0 unspecified atom stereocenters. The standard InChI is InChI=1S/C18H26FN3O5S/c1-18(2,3)27-12-16(17(23)20-24)21-28(25,26)22-10-8-14(9-11-22)13-4-6-15(19)7-5-13/h4-8,16,21,24H,9-12H2,1-3H3,(H,20,23)/t16-/m1/s1. The van der Waals surface area contributed by atoms with Crippen molar-refractivity contribution in [2.75, 3.05) is 19.7 Å². The lowest BCUT2D eigenvalue weighted by atomic mass is 10.0. The Labute approximate surface area is 164 Å². The van der Waals surface area contributed by atoms with Crippen LogP contribution in [0.25, 0.3) is 5.57 Å². The van der Waals surface area contributed by atoms with Crippen LogP contribution in [-0.2, 0) is 19.7 Å². The van der Waals surface area contributed by atoms with Gasteiger partial charge in [0.05, 0.1) is 12.2 Å². The second-order valence-corrected chi connectivity index (χ2v) is 9.12. The maximum absolute atomic E-state index is 13.0. The van der Waals surface area contributed by atoms with E-state index >= 15 is 0 Å². The third kappa shape index (κ3) is 6.35. The number of hydroxylamine groups is 1. The minimum Gasteiger partial charge on any atom is -0.374 e. The predicted octanol–water partition coefficient (Wildman–Crippen LogP) is 1.44. The Kier molecular flexibility index (Phi) is 7.29. The number of hydrogen-bond donors (Lipinski definition) is 3. The molecule has 10 heteroatoms. The van der Waals surface area contributed by atoms with Crippen molar-refractivity contribution < 1.29 is 27.5 Å². The number of ether oxygens (including phenoxy) is 1. The van der Waals surface area contributed by atoms with E-state index in [1.54, 1.807) is 39.0 Å². The number of hydrogen-bond acceptors (Lipinski definition) is 5. The van der Waals surface area contributed by atoms with Crippen molar-refractivity contribution in [2.45, 2.75) is 38.8 Å². The fourth-order valence-electron chi connectivity index (χ4n) is 2.62. The van der Waals surface area contributed by atoms with Crippen LogP contribution in [0.2, 0.25) is 0 Å². The Hall–Kier alpha value is -1.85. The zero-order valence-electron chi connectivity index (χ0n) is 16.1. The molecule has 1 aromatic carbocycles. The molecule has 2 rings (SSSR count). The Bertz CT molecular complexity index is 819. The van der Waals surface area contributed by atoms with Crippen LogP contribution >= 0.6 is 0 Å². The lowest BCUT2D eigenvalue weighted by Gasteiger charge is -2.29. The summed E-state index contributed by atoms with van der Waals surface area (Å²) in [6.07, 6.45) is 2.20. The summed E-state index contributed by atoms with van der Waals surface area (Å²) in [5.74, 6) is -1.24. The number of nitrogens with zero attached hydrogens (tertiary/aromatic N) is 1. The van der Waals surface area contributed by atoms with E-state index in [1.165, 1.54) is 21.9 Å². The molecule has 0 saturated heterocycles. The molecule has 1 aromatic rings. The molecule has 0 spiro atoms. The maximum Gasteiger partial charge on any atom is 0.280 e.